The molecule has 0 saturated carbocycles. The van der Waals surface area contributed by atoms with Gasteiger partial charge in [0.1, 0.15) is 5.56 Å². The van der Waals surface area contributed by atoms with E-state index in [1.807, 2.05) is 37.3 Å². The van der Waals surface area contributed by atoms with E-state index < -0.39 is 0 Å². The summed E-state index contributed by atoms with van der Waals surface area (Å²) in [7, 11) is 0. The van der Waals surface area contributed by atoms with Crippen molar-refractivity contribution in [2.75, 3.05) is 0 Å². The summed E-state index contributed by atoms with van der Waals surface area (Å²) in [4.78, 5) is 16.2. The zero-order valence-electron chi connectivity index (χ0n) is 9.25. The number of benzene rings is 1. The number of hydrogen-bond donors (Lipinski definition) is 0. The third-order valence-electron chi connectivity index (χ3n) is 2.61. The first-order chi connectivity index (χ1) is 8.25. The van der Waals surface area contributed by atoms with Gasteiger partial charge >= 0.3 is 5.63 Å². The largest absolute Gasteiger partial charge is 0.368 e. The molecule has 17 heavy (non-hydrogen) atoms. The van der Waals surface area contributed by atoms with Crippen molar-refractivity contribution in [1.82, 2.24) is 9.56 Å². The molecule has 84 valence electrons. The van der Waals surface area contributed by atoms with Crippen LogP contribution in [-0.2, 0) is 0 Å². The van der Waals surface area contributed by atoms with Gasteiger partial charge in [0.2, 0.25) is 0 Å². The summed E-state index contributed by atoms with van der Waals surface area (Å²) < 4.78 is 6.51. The summed E-state index contributed by atoms with van der Waals surface area (Å²) in [6, 6.07) is 11.2. The lowest BCUT2D eigenvalue weighted by molar-refractivity contribution is 0.348. The third-order valence-corrected chi connectivity index (χ3v) is 2.61. The highest BCUT2D eigenvalue weighted by atomic mass is 16.5. The molecule has 2 aromatic heterocycles. The van der Waals surface area contributed by atoms with Gasteiger partial charge < -0.3 is 4.52 Å². The van der Waals surface area contributed by atoms with E-state index in [1.165, 1.54) is 4.57 Å². The van der Waals surface area contributed by atoms with Crippen LogP contribution in [0.4, 0.5) is 0 Å². The van der Waals surface area contributed by atoms with Gasteiger partial charge in [0, 0.05) is 11.9 Å². The van der Waals surface area contributed by atoms with Gasteiger partial charge in [-0.15, -0.1) is 0 Å². The summed E-state index contributed by atoms with van der Waals surface area (Å²) in [6.07, 6.45) is 1.70. The van der Waals surface area contributed by atoms with Crippen LogP contribution in [0.2, 0.25) is 0 Å². The van der Waals surface area contributed by atoms with Crippen LogP contribution < -0.4 is 5.63 Å². The molecule has 4 heteroatoms. The van der Waals surface area contributed by atoms with E-state index in [0.29, 0.717) is 11.2 Å². The minimum Gasteiger partial charge on any atom is -0.329 e. The van der Waals surface area contributed by atoms with Crippen LogP contribution in [0.3, 0.4) is 0 Å². The molecular weight excluding hydrogens is 216 g/mol. The monoisotopic (exact) mass is 226 g/mol. The van der Waals surface area contributed by atoms with Gasteiger partial charge in [-0.3, -0.25) is 0 Å². The van der Waals surface area contributed by atoms with Crippen molar-refractivity contribution in [3.05, 3.63) is 58.7 Å². The topological polar surface area (TPSA) is 47.5 Å². The van der Waals surface area contributed by atoms with E-state index in [9.17, 15) is 4.79 Å². The fraction of sp³-hybridized carbons (Fsp3) is 0.0769. The Balaban J connectivity index is 2.40. The van der Waals surface area contributed by atoms with Crippen LogP contribution in [0.1, 0.15) is 5.69 Å². The Morgan fingerprint density at radius 1 is 1.18 bits per heavy atom. The van der Waals surface area contributed by atoms with Crippen molar-refractivity contribution >= 4 is 5.65 Å². The van der Waals surface area contributed by atoms with Gasteiger partial charge in [0.15, 0.2) is 5.65 Å². The maximum Gasteiger partial charge on any atom is 0.368 e. The smallest absolute Gasteiger partial charge is 0.329 e. The number of aryl methyl sites for hydroxylation is 1. The first kappa shape index (κ1) is 9.84. The van der Waals surface area contributed by atoms with Gasteiger partial charge in [0.05, 0.1) is 0 Å². The normalized spacial score (nSPS) is 10.9. The van der Waals surface area contributed by atoms with Gasteiger partial charge in [-0.1, -0.05) is 30.3 Å². The number of rotatable bonds is 1. The predicted molar refractivity (Wildman–Crippen MR) is 63.9 cm³/mol. The highest BCUT2D eigenvalue weighted by molar-refractivity contribution is 5.76. The third kappa shape index (κ3) is 1.54. The summed E-state index contributed by atoms with van der Waals surface area (Å²) in [5.74, 6) is 0. The second-order valence-electron chi connectivity index (χ2n) is 3.84. The van der Waals surface area contributed by atoms with Crippen molar-refractivity contribution in [2.45, 2.75) is 6.92 Å². The maximum atomic E-state index is 11.8. The van der Waals surface area contributed by atoms with Crippen molar-refractivity contribution in [3.8, 4) is 11.1 Å². The molecule has 0 bridgehead atoms. The molecule has 0 unspecified atom stereocenters. The first-order valence-electron chi connectivity index (χ1n) is 5.30. The molecule has 1 aromatic carbocycles. The number of hydrogen-bond acceptors (Lipinski definition) is 3. The molecular formula is C13H10N2O2. The molecule has 0 N–H and O–H groups in total. The SMILES string of the molecule is Cc1ccn2oc(=O)c(-c3ccccc3)c2n1. The highest BCUT2D eigenvalue weighted by Crippen LogP contribution is 2.20. The molecule has 3 rings (SSSR count). The number of nitrogens with zero attached hydrogens (tertiary/aromatic N) is 2. The lowest BCUT2D eigenvalue weighted by Crippen LogP contribution is -1.96. The molecule has 4 nitrogen and oxygen atoms in total. The van der Waals surface area contributed by atoms with Crippen LogP contribution in [0.25, 0.3) is 16.8 Å². The molecule has 0 fully saturated rings. The summed E-state index contributed by atoms with van der Waals surface area (Å²) in [5.41, 5.74) is 2.37. The molecule has 0 spiro atoms. The van der Waals surface area contributed by atoms with E-state index in [0.717, 1.165) is 11.3 Å². The maximum absolute atomic E-state index is 11.8. The standard InChI is InChI=1S/C13H10N2O2/c1-9-7-8-15-12(14-9)11(13(16)17-15)10-5-3-2-4-6-10/h2-8H,1H3. The van der Waals surface area contributed by atoms with Gasteiger partial charge in [-0.05, 0) is 18.6 Å². The first-order valence-corrected chi connectivity index (χ1v) is 5.30. The molecule has 0 aliphatic carbocycles. The van der Waals surface area contributed by atoms with Crippen LogP contribution in [-0.4, -0.2) is 9.56 Å². The summed E-state index contributed by atoms with van der Waals surface area (Å²) >= 11 is 0. The molecule has 3 aromatic rings. The van der Waals surface area contributed by atoms with E-state index in [1.54, 1.807) is 12.3 Å². The molecule has 0 amide bonds. The van der Waals surface area contributed by atoms with Crippen molar-refractivity contribution < 1.29 is 4.52 Å². The average Bonchev–Trinajstić information content (AvgIpc) is 2.65. The van der Waals surface area contributed by atoms with E-state index >= 15 is 0 Å². The summed E-state index contributed by atoms with van der Waals surface area (Å²) in [5, 5.41) is 0. The number of aromatic nitrogens is 2. The Bertz CT molecular complexity index is 726. The quantitative estimate of drug-likeness (QED) is 0.639. The summed E-state index contributed by atoms with van der Waals surface area (Å²) in [6.45, 7) is 1.88. The highest BCUT2D eigenvalue weighted by Gasteiger charge is 2.14. The lowest BCUT2D eigenvalue weighted by Gasteiger charge is -1.97. The Kier molecular flexibility index (Phi) is 2.08. The van der Waals surface area contributed by atoms with E-state index in [-0.39, 0.29) is 5.63 Å². The molecule has 0 radical (unpaired) electrons. The fourth-order valence-electron chi connectivity index (χ4n) is 1.82. The van der Waals surface area contributed by atoms with Crippen LogP contribution >= 0.6 is 0 Å². The molecule has 0 atom stereocenters. The van der Waals surface area contributed by atoms with Crippen molar-refractivity contribution in [1.29, 1.82) is 0 Å². The Morgan fingerprint density at radius 3 is 2.71 bits per heavy atom. The van der Waals surface area contributed by atoms with Crippen molar-refractivity contribution in [2.24, 2.45) is 0 Å². The lowest BCUT2D eigenvalue weighted by atomic mass is 10.1. The molecule has 0 aliphatic heterocycles. The zero-order valence-corrected chi connectivity index (χ0v) is 9.25. The Morgan fingerprint density at radius 2 is 1.94 bits per heavy atom. The number of fused-ring (bicyclic) bond motifs is 1. The van der Waals surface area contributed by atoms with Crippen LogP contribution in [0.15, 0.2) is 51.9 Å². The van der Waals surface area contributed by atoms with Gasteiger partial charge in [-0.25, -0.2) is 9.78 Å². The zero-order chi connectivity index (χ0) is 11.8. The average molecular weight is 226 g/mol. The van der Waals surface area contributed by atoms with Crippen molar-refractivity contribution in [3.63, 3.8) is 0 Å². The van der Waals surface area contributed by atoms with Crippen LogP contribution in [0.5, 0.6) is 0 Å². The fourth-order valence-corrected chi connectivity index (χ4v) is 1.82. The van der Waals surface area contributed by atoms with E-state index in [4.69, 9.17) is 4.52 Å². The van der Waals surface area contributed by atoms with Crippen LogP contribution in [0, 0.1) is 6.92 Å². The van der Waals surface area contributed by atoms with Gasteiger partial charge in [-0.2, -0.15) is 4.57 Å². The van der Waals surface area contributed by atoms with E-state index in [2.05, 4.69) is 4.98 Å². The molecule has 2 heterocycles. The molecule has 0 aliphatic rings. The second kappa shape index (κ2) is 3.59. The Hall–Kier alpha value is -2.36. The predicted octanol–water partition coefficient (Wildman–Crippen LogP) is 2.26. The minimum absolute atomic E-state index is 0.366. The Labute approximate surface area is 97.1 Å². The van der Waals surface area contributed by atoms with Gasteiger partial charge in [0.25, 0.3) is 0 Å². The second-order valence-corrected chi connectivity index (χ2v) is 3.84. The molecule has 0 saturated heterocycles. The minimum atomic E-state index is -0.366.